The van der Waals surface area contributed by atoms with E-state index in [1.54, 1.807) is 6.08 Å². The Morgan fingerprint density at radius 1 is 1.27 bits per heavy atom. The van der Waals surface area contributed by atoms with Crippen molar-refractivity contribution in [1.29, 1.82) is 0 Å². The second-order valence-corrected chi connectivity index (χ2v) is 4.86. The minimum Gasteiger partial charge on any atom is -0.481 e. The second kappa shape index (κ2) is 7.15. The van der Waals surface area contributed by atoms with Gasteiger partial charge in [-0.05, 0) is 12.1 Å². The summed E-state index contributed by atoms with van der Waals surface area (Å²) < 4.78 is 19.0. The van der Waals surface area contributed by atoms with E-state index in [9.17, 15) is 19.1 Å². The van der Waals surface area contributed by atoms with Gasteiger partial charge in [-0.3, -0.25) is 9.59 Å². The number of carboxylic acids is 1. The number of aliphatic hydroxyl groups is 1. The molecule has 2 rings (SSSR count). The number of aliphatic hydroxyl groups excluding tert-OH is 1. The van der Waals surface area contributed by atoms with Gasteiger partial charge < -0.3 is 20.3 Å². The molecule has 0 unspecified atom stereocenters. The van der Waals surface area contributed by atoms with E-state index >= 15 is 0 Å². The van der Waals surface area contributed by atoms with Crippen LogP contribution in [0.5, 0.6) is 0 Å². The number of carbonyl (C=O) groups excluding carboxylic acids is 1. The molecule has 0 aromatic heterocycles. The molecule has 1 aromatic carbocycles. The fourth-order valence-corrected chi connectivity index (χ4v) is 2.18. The number of hydrogen-bond acceptors (Lipinski definition) is 4. The van der Waals surface area contributed by atoms with E-state index in [1.807, 2.05) is 0 Å². The van der Waals surface area contributed by atoms with Crippen molar-refractivity contribution in [2.45, 2.75) is 24.7 Å². The molecule has 0 saturated heterocycles. The lowest BCUT2D eigenvalue weighted by Crippen LogP contribution is -2.48. The highest BCUT2D eigenvalue weighted by Crippen LogP contribution is 2.16. The lowest BCUT2D eigenvalue weighted by atomic mass is 10.0. The zero-order valence-corrected chi connectivity index (χ0v) is 11.6. The summed E-state index contributed by atoms with van der Waals surface area (Å²) in [6, 6.07) is 4.87. The van der Waals surface area contributed by atoms with Gasteiger partial charge in [0, 0.05) is 0 Å². The highest BCUT2D eigenvalue weighted by atomic mass is 19.1. The fraction of sp³-hybridized carbons (Fsp3) is 0.333. The molecule has 0 spiro atoms. The maximum absolute atomic E-state index is 13.6. The minimum atomic E-state index is -1.03. The first-order valence-corrected chi connectivity index (χ1v) is 6.73. The van der Waals surface area contributed by atoms with E-state index in [4.69, 9.17) is 9.84 Å². The number of hydrogen-bond donors (Lipinski definition) is 3. The van der Waals surface area contributed by atoms with Crippen molar-refractivity contribution < 1.29 is 28.9 Å². The summed E-state index contributed by atoms with van der Waals surface area (Å²) >= 11 is 0. The molecule has 0 aliphatic carbocycles. The van der Waals surface area contributed by atoms with Gasteiger partial charge in [-0.25, -0.2) is 4.39 Å². The average molecular weight is 309 g/mol. The molecule has 3 atom stereocenters. The van der Waals surface area contributed by atoms with Crippen molar-refractivity contribution in [3.63, 3.8) is 0 Å². The van der Waals surface area contributed by atoms with Gasteiger partial charge in [0.1, 0.15) is 11.9 Å². The van der Waals surface area contributed by atoms with E-state index in [0.29, 0.717) is 0 Å². The number of benzene rings is 1. The topological polar surface area (TPSA) is 95.9 Å². The van der Waals surface area contributed by atoms with Crippen LogP contribution in [0.4, 0.5) is 4.39 Å². The molecule has 0 radical (unpaired) electrons. The first-order chi connectivity index (χ1) is 10.5. The molecule has 6 nitrogen and oxygen atoms in total. The molecule has 0 bridgehead atoms. The highest BCUT2D eigenvalue weighted by molar-refractivity contribution is 5.94. The van der Waals surface area contributed by atoms with Gasteiger partial charge in [-0.1, -0.05) is 24.3 Å². The molecular weight excluding hydrogens is 293 g/mol. The Kier molecular flexibility index (Phi) is 5.24. The van der Waals surface area contributed by atoms with E-state index in [2.05, 4.69) is 5.32 Å². The molecule has 1 aromatic rings. The van der Waals surface area contributed by atoms with Gasteiger partial charge in [0.05, 0.1) is 30.7 Å². The molecule has 118 valence electrons. The maximum Gasteiger partial charge on any atom is 0.306 e. The van der Waals surface area contributed by atoms with Crippen molar-refractivity contribution >= 4 is 11.9 Å². The zero-order chi connectivity index (χ0) is 16.1. The van der Waals surface area contributed by atoms with Crippen LogP contribution in [-0.2, 0) is 9.53 Å². The van der Waals surface area contributed by atoms with Crippen LogP contribution in [0.1, 0.15) is 16.8 Å². The number of halogens is 1. The van der Waals surface area contributed by atoms with Crippen molar-refractivity contribution in [2.75, 3.05) is 6.61 Å². The van der Waals surface area contributed by atoms with Gasteiger partial charge in [0.2, 0.25) is 0 Å². The summed E-state index contributed by atoms with van der Waals surface area (Å²) in [7, 11) is 0. The lowest BCUT2D eigenvalue weighted by molar-refractivity contribution is -0.141. The second-order valence-electron chi connectivity index (χ2n) is 4.86. The molecule has 1 aliphatic rings. The third-order valence-electron chi connectivity index (χ3n) is 3.26. The van der Waals surface area contributed by atoms with Gasteiger partial charge in [0.15, 0.2) is 0 Å². The SMILES string of the molecule is O=C(O)C[C@H]1C=C[C@H](NC(=O)c2ccccc2F)[C@H](CO)O1. The Balaban J connectivity index is 2.07. The summed E-state index contributed by atoms with van der Waals surface area (Å²) in [5.41, 5.74) is -0.111. The van der Waals surface area contributed by atoms with E-state index in [0.717, 1.165) is 0 Å². The van der Waals surface area contributed by atoms with Crippen LogP contribution < -0.4 is 5.32 Å². The zero-order valence-electron chi connectivity index (χ0n) is 11.6. The Hall–Kier alpha value is -2.25. The third kappa shape index (κ3) is 3.90. The summed E-state index contributed by atoms with van der Waals surface area (Å²) in [6.45, 7) is -0.400. The number of rotatable bonds is 5. The molecule has 1 aliphatic heterocycles. The van der Waals surface area contributed by atoms with Crippen LogP contribution in [0.2, 0.25) is 0 Å². The largest absolute Gasteiger partial charge is 0.481 e. The van der Waals surface area contributed by atoms with Crippen LogP contribution in [0.15, 0.2) is 36.4 Å². The maximum atomic E-state index is 13.6. The predicted molar refractivity (Wildman–Crippen MR) is 74.8 cm³/mol. The Labute approximate surface area is 126 Å². The van der Waals surface area contributed by atoms with Crippen LogP contribution in [0, 0.1) is 5.82 Å². The van der Waals surface area contributed by atoms with Crippen molar-refractivity contribution in [3.05, 3.63) is 47.8 Å². The monoisotopic (exact) mass is 309 g/mol. The first kappa shape index (κ1) is 16.1. The van der Waals surface area contributed by atoms with E-state index in [-0.39, 0.29) is 12.0 Å². The molecule has 1 amide bonds. The number of aliphatic carboxylic acids is 1. The summed E-state index contributed by atoms with van der Waals surface area (Å²) in [5.74, 6) is -2.31. The molecule has 7 heteroatoms. The molecular formula is C15H16FNO5. The first-order valence-electron chi connectivity index (χ1n) is 6.73. The van der Waals surface area contributed by atoms with Crippen LogP contribution in [0.3, 0.4) is 0 Å². The Morgan fingerprint density at radius 2 is 2.00 bits per heavy atom. The van der Waals surface area contributed by atoms with E-state index in [1.165, 1.54) is 30.3 Å². The lowest BCUT2D eigenvalue weighted by Gasteiger charge is -2.31. The standard InChI is InChI=1S/C15H16FNO5/c16-11-4-2-1-3-10(11)15(21)17-12-6-5-9(7-14(19)20)22-13(12)8-18/h1-6,9,12-13,18H,7-8H2,(H,17,21)(H,19,20)/t9-,12+,13+/m1/s1. The number of ether oxygens (including phenoxy) is 1. The normalized spacial score (nSPS) is 24.0. The number of amides is 1. The molecule has 22 heavy (non-hydrogen) atoms. The predicted octanol–water partition coefficient (Wildman–Crippen LogP) is 0.715. The Bertz CT molecular complexity index is 589. The number of carbonyl (C=O) groups is 2. The van der Waals surface area contributed by atoms with Crippen molar-refractivity contribution in [3.8, 4) is 0 Å². The number of carboxylic acid groups (broad SMARTS) is 1. The van der Waals surface area contributed by atoms with Crippen LogP contribution in [0.25, 0.3) is 0 Å². The quantitative estimate of drug-likeness (QED) is 0.696. The molecule has 0 saturated carbocycles. The van der Waals surface area contributed by atoms with Gasteiger partial charge in [-0.15, -0.1) is 0 Å². The van der Waals surface area contributed by atoms with Gasteiger partial charge in [-0.2, -0.15) is 0 Å². The average Bonchev–Trinajstić information content (AvgIpc) is 2.48. The fourth-order valence-electron chi connectivity index (χ4n) is 2.18. The highest BCUT2D eigenvalue weighted by Gasteiger charge is 2.29. The van der Waals surface area contributed by atoms with Crippen molar-refractivity contribution in [1.82, 2.24) is 5.32 Å². The minimum absolute atomic E-state index is 0.111. The number of nitrogens with one attached hydrogen (secondary N) is 1. The summed E-state index contributed by atoms with van der Waals surface area (Å²) in [6.07, 6.45) is 1.37. The smallest absolute Gasteiger partial charge is 0.306 e. The molecule has 0 fully saturated rings. The summed E-state index contributed by atoms with van der Waals surface area (Å²) in [5, 5.41) is 20.6. The molecule has 3 N–H and O–H groups in total. The van der Waals surface area contributed by atoms with Crippen LogP contribution in [-0.4, -0.2) is 46.9 Å². The van der Waals surface area contributed by atoms with Crippen molar-refractivity contribution in [2.24, 2.45) is 0 Å². The molecule has 1 heterocycles. The van der Waals surface area contributed by atoms with Crippen LogP contribution >= 0.6 is 0 Å². The van der Waals surface area contributed by atoms with Gasteiger partial charge in [0.25, 0.3) is 5.91 Å². The van der Waals surface area contributed by atoms with Gasteiger partial charge >= 0.3 is 5.97 Å². The third-order valence-corrected chi connectivity index (χ3v) is 3.26. The Morgan fingerprint density at radius 3 is 2.64 bits per heavy atom. The van der Waals surface area contributed by atoms with E-state index < -0.39 is 42.6 Å². The summed E-state index contributed by atoms with van der Waals surface area (Å²) in [4.78, 5) is 22.7.